The summed E-state index contributed by atoms with van der Waals surface area (Å²) in [5.74, 6) is -1.47. The van der Waals surface area contributed by atoms with Gasteiger partial charge in [-0.1, -0.05) is 44.2 Å². The van der Waals surface area contributed by atoms with E-state index in [0.29, 0.717) is 18.7 Å². The number of methoxy groups -OCH3 is 1. The fourth-order valence-corrected chi connectivity index (χ4v) is 4.89. The van der Waals surface area contributed by atoms with Crippen LogP contribution in [0.25, 0.3) is 0 Å². The molecule has 4 rings (SSSR count). The van der Waals surface area contributed by atoms with Crippen molar-refractivity contribution in [2.45, 2.75) is 38.4 Å². The second-order valence-electron chi connectivity index (χ2n) is 8.32. The molecule has 2 heterocycles. The Morgan fingerprint density at radius 3 is 2.41 bits per heavy atom. The van der Waals surface area contributed by atoms with Gasteiger partial charge in [-0.15, -0.1) is 0 Å². The predicted octanol–water partition coefficient (Wildman–Crippen LogP) is 5.16. The molecule has 5 nitrogen and oxygen atoms in total. The van der Waals surface area contributed by atoms with E-state index >= 15 is 4.39 Å². The van der Waals surface area contributed by atoms with Crippen molar-refractivity contribution in [3.05, 3.63) is 57.7 Å². The van der Waals surface area contributed by atoms with Gasteiger partial charge < -0.3 is 9.47 Å². The van der Waals surface area contributed by atoms with Crippen molar-refractivity contribution in [2.24, 2.45) is 5.41 Å². The second kappa shape index (κ2) is 7.09. The zero-order chi connectivity index (χ0) is 21.0. The molecule has 1 aliphatic carbocycles. The lowest BCUT2D eigenvalue weighted by atomic mass is 9.78. The molecule has 0 N–H and O–H groups in total. The van der Waals surface area contributed by atoms with Crippen LogP contribution in [0.3, 0.4) is 0 Å². The predicted molar refractivity (Wildman–Crippen MR) is 107 cm³/mol. The molecule has 0 radical (unpaired) electrons. The van der Waals surface area contributed by atoms with E-state index in [2.05, 4.69) is 29.8 Å². The molecule has 2 unspecified atom stereocenters. The molecule has 0 spiro atoms. The molecular formula is C21H23BrF2N2O3. The third-order valence-electron chi connectivity index (χ3n) is 6.06. The molecule has 2 saturated heterocycles. The first-order valence-electron chi connectivity index (χ1n) is 9.55. The molecule has 0 bridgehead atoms. The van der Waals surface area contributed by atoms with Crippen LogP contribution in [-0.4, -0.2) is 42.5 Å². The summed E-state index contributed by atoms with van der Waals surface area (Å²) in [4.78, 5) is 13.0. The van der Waals surface area contributed by atoms with Gasteiger partial charge in [0.1, 0.15) is 0 Å². The van der Waals surface area contributed by atoms with Crippen LogP contribution < -0.4 is 0 Å². The summed E-state index contributed by atoms with van der Waals surface area (Å²) < 4.78 is 41.4. The highest BCUT2D eigenvalue weighted by atomic mass is 79.9. The number of hydrazine groups is 1. The smallest absolute Gasteiger partial charge is 0.431 e. The van der Waals surface area contributed by atoms with Crippen LogP contribution in [0.1, 0.15) is 32.3 Å². The van der Waals surface area contributed by atoms with Crippen LogP contribution in [-0.2, 0) is 15.0 Å². The SMILES string of the molecule is COC1=C(F)C(Br)=C2OC(=O)N(N3CCC(C)(C)CC3)C2(c2ccccc2)C1F. The standard InChI is InChI=1S/C21H23BrF2N2O3/c1-20(2)9-11-25(12-10-20)26-19(27)29-18-14(22)15(23)16(28-3)17(24)21(18,26)13-7-5-4-6-8-13/h4-8,17H,9-12H2,1-3H3. The van der Waals surface area contributed by atoms with Crippen molar-refractivity contribution in [1.29, 1.82) is 0 Å². The average Bonchev–Trinajstić information content (AvgIpc) is 3.02. The van der Waals surface area contributed by atoms with E-state index in [-0.39, 0.29) is 15.7 Å². The first kappa shape index (κ1) is 20.3. The Balaban J connectivity index is 1.92. The fourth-order valence-electron chi connectivity index (χ4n) is 4.32. The van der Waals surface area contributed by atoms with Crippen LogP contribution in [0.15, 0.2) is 52.2 Å². The summed E-state index contributed by atoms with van der Waals surface area (Å²) in [6.07, 6.45) is -1.04. The summed E-state index contributed by atoms with van der Waals surface area (Å²) in [6, 6.07) is 8.74. The number of halogens is 3. The van der Waals surface area contributed by atoms with Gasteiger partial charge in [-0.25, -0.2) is 23.6 Å². The normalized spacial score (nSPS) is 29.8. The lowest BCUT2D eigenvalue weighted by Gasteiger charge is -2.48. The Bertz CT molecular complexity index is 892. The summed E-state index contributed by atoms with van der Waals surface area (Å²) >= 11 is 3.18. The highest BCUT2D eigenvalue weighted by Gasteiger charge is 2.66. The topological polar surface area (TPSA) is 42.0 Å². The van der Waals surface area contributed by atoms with Crippen LogP contribution in [0.4, 0.5) is 13.6 Å². The van der Waals surface area contributed by atoms with Gasteiger partial charge in [-0.2, -0.15) is 0 Å². The molecule has 1 amide bonds. The maximum Gasteiger partial charge on any atom is 0.431 e. The summed E-state index contributed by atoms with van der Waals surface area (Å²) in [7, 11) is 1.22. The van der Waals surface area contributed by atoms with Gasteiger partial charge in [0.2, 0.25) is 0 Å². The van der Waals surface area contributed by atoms with Crippen LogP contribution in [0.2, 0.25) is 0 Å². The molecule has 1 aromatic carbocycles. The molecule has 2 fully saturated rings. The fraction of sp³-hybridized carbons (Fsp3) is 0.476. The van der Waals surface area contributed by atoms with Crippen LogP contribution in [0, 0.1) is 5.41 Å². The van der Waals surface area contributed by atoms with Crippen LogP contribution in [0.5, 0.6) is 0 Å². The number of benzene rings is 1. The number of carbonyl (C=O) groups excluding carboxylic acids is 1. The number of ether oxygens (including phenoxy) is 2. The van der Waals surface area contributed by atoms with Crippen molar-refractivity contribution in [3.63, 3.8) is 0 Å². The molecular weight excluding hydrogens is 446 g/mol. The molecule has 0 aromatic heterocycles. The van der Waals surface area contributed by atoms with Gasteiger partial charge in [-0.3, -0.25) is 0 Å². The molecule has 8 heteroatoms. The molecule has 3 aliphatic rings. The minimum absolute atomic E-state index is 0.0932. The minimum Gasteiger partial charge on any atom is -0.495 e. The molecule has 29 heavy (non-hydrogen) atoms. The van der Waals surface area contributed by atoms with Gasteiger partial charge in [0.05, 0.1) is 11.6 Å². The van der Waals surface area contributed by atoms with Gasteiger partial charge in [0.25, 0.3) is 0 Å². The summed E-state index contributed by atoms with van der Waals surface area (Å²) in [5, 5.41) is 3.14. The summed E-state index contributed by atoms with van der Waals surface area (Å²) in [5.41, 5.74) is -1.07. The number of nitrogens with zero attached hydrogens (tertiary/aromatic N) is 2. The van der Waals surface area contributed by atoms with Gasteiger partial charge in [0, 0.05) is 13.1 Å². The zero-order valence-electron chi connectivity index (χ0n) is 16.5. The zero-order valence-corrected chi connectivity index (χ0v) is 18.1. The van der Waals surface area contributed by atoms with E-state index in [9.17, 15) is 9.18 Å². The summed E-state index contributed by atoms with van der Waals surface area (Å²) in [6.45, 7) is 5.45. The van der Waals surface area contributed by atoms with Gasteiger partial charge in [-0.05, 0) is 39.8 Å². The Hall–Kier alpha value is -1.93. The van der Waals surface area contributed by atoms with Crippen molar-refractivity contribution in [2.75, 3.05) is 20.2 Å². The van der Waals surface area contributed by atoms with E-state index in [1.54, 1.807) is 30.3 Å². The molecule has 2 aliphatic heterocycles. The van der Waals surface area contributed by atoms with Crippen molar-refractivity contribution in [1.82, 2.24) is 10.0 Å². The number of fused-ring (bicyclic) bond motifs is 1. The van der Waals surface area contributed by atoms with Gasteiger partial charge in [0.15, 0.2) is 29.1 Å². The third-order valence-corrected chi connectivity index (χ3v) is 6.77. The number of piperidine rings is 1. The Morgan fingerprint density at radius 2 is 1.83 bits per heavy atom. The van der Waals surface area contributed by atoms with Crippen molar-refractivity contribution >= 4 is 22.0 Å². The van der Waals surface area contributed by atoms with E-state index < -0.39 is 29.4 Å². The molecule has 0 saturated carbocycles. The Kier molecular flexibility index (Phi) is 4.98. The quantitative estimate of drug-likeness (QED) is 0.614. The maximum absolute atomic E-state index is 16.1. The number of amides is 1. The number of hydrogen-bond donors (Lipinski definition) is 0. The van der Waals surface area contributed by atoms with Crippen LogP contribution >= 0.6 is 15.9 Å². The van der Waals surface area contributed by atoms with E-state index in [1.165, 1.54) is 12.1 Å². The highest BCUT2D eigenvalue weighted by Crippen LogP contribution is 2.56. The van der Waals surface area contributed by atoms with E-state index in [4.69, 9.17) is 9.47 Å². The molecule has 156 valence electrons. The third kappa shape index (κ3) is 2.91. The molecule has 1 aromatic rings. The van der Waals surface area contributed by atoms with Crippen molar-refractivity contribution < 1.29 is 23.0 Å². The lowest BCUT2D eigenvalue weighted by Crippen LogP contribution is -2.61. The number of alkyl halides is 1. The van der Waals surface area contributed by atoms with E-state index in [1.807, 2.05) is 5.01 Å². The van der Waals surface area contributed by atoms with Gasteiger partial charge >= 0.3 is 6.09 Å². The maximum atomic E-state index is 16.1. The highest BCUT2D eigenvalue weighted by molar-refractivity contribution is 9.12. The number of hydrogen-bond acceptors (Lipinski definition) is 4. The lowest BCUT2D eigenvalue weighted by molar-refractivity contribution is -0.0974. The monoisotopic (exact) mass is 468 g/mol. The number of allylic oxidation sites excluding steroid dienone is 2. The number of rotatable bonds is 3. The van der Waals surface area contributed by atoms with Crippen molar-refractivity contribution in [3.8, 4) is 0 Å². The average molecular weight is 469 g/mol. The van der Waals surface area contributed by atoms with E-state index in [0.717, 1.165) is 12.8 Å². The molecule has 2 atom stereocenters. The number of carbonyl (C=O) groups is 1. The first-order valence-corrected chi connectivity index (χ1v) is 10.3. The Morgan fingerprint density at radius 1 is 1.21 bits per heavy atom. The first-order chi connectivity index (χ1) is 13.7. The minimum atomic E-state index is -1.98. The largest absolute Gasteiger partial charge is 0.495 e. The second-order valence-corrected chi connectivity index (χ2v) is 9.11. The Labute approximate surface area is 177 Å².